The molecule has 4 heteroatoms. The minimum Gasteiger partial charge on any atom is -0.488 e. The molecule has 0 saturated carbocycles. The highest BCUT2D eigenvalue weighted by atomic mass is 19.1. The van der Waals surface area contributed by atoms with Gasteiger partial charge in [-0.25, -0.2) is 4.39 Å². The molecule has 1 N–H and O–H groups in total. The highest BCUT2D eigenvalue weighted by Gasteiger charge is 2.27. The van der Waals surface area contributed by atoms with E-state index in [9.17, 15) is 4.39 Å². The molecule has 1 aromatic carbocycles. The third kappa shape index (κ3) is 2.35. The quantitative estimate of drug-likeness (QED) is 0.890. The van der Waals surface area contributed by atoms with Gasteiger partial charge in [0, 0.05) is 31.2 Å². The number of rotatable bonds is 3. The maximum atomic E-state index is 13.1. The van der Waals surface area contributed by atoms with Crippen molar-refractivity contribution in [1.82, 2.24) is 5.32 Å². The van der Waals surface area contributed by atoms with Crippen molar-refractivity contribution in [2.24, 2.45) is 0 Å². The van der Waals surface area contributed by atoms with Gasteiger partial charge < -0.3 is 14.8 Å². The molecule has 3 atom stereocenters. The number of halogens is 1. The van der Waals surface area contributed by atoms with Crippen molar-refractivity contribution in [2.45, 2.75) is 38.0 Å². The van der Waals surface area contributed by atoms with Crippen LogP contribution < -0.4 is 10.1 Å². The van der Waals surface area contributed by atoms with Crippen molar-refractivity contribution in [3.8, 4) is 5.75 Å². The van der Waals surface area contributed by atoms with Gasteiger partial charge in [-0.05, 0) is 31.5 Å². The van der Waals surface area contributed by atoms with Crippen LogP contribution in [0.15, 0.2) is 18.2 Å². The Morgan fingerprint density at radius 1 is 1.44 bits per heavy atom. The van der Waals surface area contributed by atoms with Crippen molar-refractivity contribution in [1.29, 1.82) is 0 Å². The maximum Gasteiger partial charge on any atom is 0.123 e. The first-order valence-electron chi connectivity index (χ1n) is 6.52. The van der Waals surface area contributed by atoms with Crippen molar-refractivity contribution in [3.05, 3.63) is 29.6 Å². The summed E-state index contributed by atoms with van der Waals surface area (Å²) in [6, 6.07) is 5.14. The summed E-state index contributed by atoms with van der Waals surface area (Å²) in [6.07, 6.45) is 2.21. The average molecular weight is 251 g/mol. The zero-order valence-electron chi connectivity index (χ0n) is 10.5. The van der Waals surface area contributed by atoms with E-state index in [0.717, 1.165) is 37.3 Å². The van der Waals surface area contributed by atoms with E-state index in [1.165, 1.54) is 6.07 Å². The summed E-state index contributed by atoms with van der Waals surface area (Å²) >= 11 is 0. The standard InChI is InChI=1S/C14H18FNO2/c1-9-13(4-5-17-9)16-8-12-7-10-6-11(15)2-3-14(10)18-12/h2-3,6,9,12-13,16H,4-5,7-8H2,1H3. The summed E-state index contributed by atoms with van der Waals surface area (Å²) in [5.41, 5.74) is 0.970. The molecule has 0 amide bonds. The van der Waals surface area contributed by atoms with Gasteiger partial charge >= 0.3 is 0 Å². The molecule has 2 aliphatic heterocycles. The molecule has 1 saturated heterocycles. The lowest BCUT2D eigenvalue weighted by Gasteiger charge is -2.18. The van der Waals surface area contributed by atoms with Gasteiger partial charge in [0.05, 0.1) is 6.10 Å². The van der Waals surface area contributed by atoms with E-state index in [-0.39, 0.29) is 18.0 Å². The SMILES string of the molecule is CC1OCCC1NCC1Cc2cc(F)ccc2O1. The van der Waals surface area contributed by atoms with Crippen LogP contribution in [0, 0.1) is 5.82 Å². The van der Waals surface area contributed by atoms with Crippen molar-refractivity contribution >= 4 is 0 Å². The molecule has 3 nitrogen and oxygen atoms in total. The smallest absolute Gasteiger partial charge is 0.123 e. The zero-order valence-corrected chi connectivity index (χ0v) is 10.5. The van der Waals surface area contributed by atoms with E-state index >= 15 is 0 Å². The Labute approximate surface area is 106 Å². The number of ether oxygens (including phenoxy) is 2. The Bertz CT molecular complexity index is 438. The van der Waals surface area contributed by atoms with E-state index in [4.69, 9.17) is 9.47 Å². The van der Waals surface area contributed by atoms with Crippen LogP contribution in [0.2, 0.25) is 0 Å². The summed E-state index contributed by atoms with van der Waals surface area (Å²) in [6.45, 7) is 3.70. The van der Waals surface area contributed by atoms with Crippen LogP contribution in [-0.4, -0.2) is 31.4 Å². The van der Waals surface area contributed by atoms with Gasteiger partial charge in [-0.2, -0.15) is 0 Å². The third-order valence-corrected chi connectivity index (χ3v) is 3.75. The first-order chi connectivity index (χ1) is 8.72. The van der Waals surface area contributed by atoms with Crippen molar-refractivity contribution in [3.63, 3.8) is 0 Å². The van der Waals surface area contributed by atoms with Crippen LogP contribution in [0.4, 0.5) is 4.39 Å². The molecule has 0 aliphatic carbocycles. The summed E-state index contributed by atoms with van der Waals surface area (Å²) in [5.74, 6) is 0.627. The van der Waals surface area contributed by atoms with E-state index in [1.54, 1.807) is 12.1 Å². The van der Waals surface area contributed by atoms with Gasteiger partial charge in [0.25, 0.3) is 0 Å². The van der Waals surface area contributed by atoms with Crippen LogP contribution in [0.1, 0.15) is 18.9 Å². The van der Waals surface area contributed by atoms with Crippen molar-refractivity contribution < 1.29 is 13.9 Å². The molecule has 2 heterocycles. The fourth-order valence-electron chi connectivity index (χ4n) is 2.69. The van der Waals surface area contributed by atoms with E-state index in [0.29, 0.717) is 6.04 Å². The second kappa shape index (κ2) is 4.86. The van der Waals surface area contributed by atoms with Gasteiger partial charge in [0.1, 0.15) is 17.7 Å². The summed E-state index contributed by atoms with van der Waals surface area (Å²) in [7, 11) is 0. The molecular formula is C14H18FNO2. The second-order valence-corrected chi connectivity index (χ2v) is 5.08. The molecule has 0 aromatic heterocycles. The second-order valence-electron chi connectivity index (χ2n) is 5.08. The molecule has 2 aliphatic rings. The maximum absolute atomic E-state index is 13.1. The van der Waals surface area contributed by atoms with Crippen LogP contribution >= 0.6 is 0 Å². The predicted octanol–water partition coefficient (Wildman–Crippen LogP) is 1.90. The van der Waals surface area contributed by atoms with Crippen LogP contribution in [0.3, 0.4) is 0 Å². The normalized spacial score (nSPS) is 30.2. The summed E-state index contributed by atoms with van der Waals surface area (Å²) in [4.78, 5) is 0. The molecule has 1 fully saturated rings. The van der Waals surface area contributed by atoms with Gasteiger partial charge in [0.2, 0.25) is 0 Å². The van der Waals surface area contributed by atoms with E-state index < -0.39 is 0 Å². The number of benzene rings is 1. The number of hydrogen-bond donors (Lipinski definition) is 1. The fraction of sp³-hybridized carbons (Fsp3) is 0.571. The Morgan fingerprint density at radius 2 is 2.33 bits per heavy atom. The number of hydrogen-bond acceptors (Lipinski definition) is 3. The van der Waals surface area contributed by atoms with Gasteiger partial charge in [0.15, 0.2) is 0 Å². The Kier molecular flexibility index (Phi) is 3.22. The molecule has 98 valence electrons. The largest absolute Gasteiger partial charge is 0.488 e. The monoisotopic (exact) mass is 251 g/mol. The van der Waals surface area contributed by atoms with E-state index in [2.05, 4.69) is 12.2 Å². The average Bonchev–Trinajstić information content (AvgIpc) is 2.92. The molecule has 3 unspecified atom stereocenters. The highest BCUT2D eigenvalue weighted by Crippen LogP contribution is 2.29. The Hall–Kier alpha value is -1.13. The van der Waals surface area contributed by atoms with Gasteiger partial charge in [-0.1, -0.05) is 0 Å². The fourth-order valence-corrected chi connectivity index (χ4v) is 2.69. The molecule has 0 bridgehead atoms. The molecule has 1 aromatic rings. The molecule has 0 spiro atoms. The minimum atomic E-state index is -0.191. The number of nitrogens with one attached hydrogen (secondary N) is 1. The van der Waals surface area contributed by atoms with Gasteiger partial charge in [-0.3, -0.25) is 0 Å². The first kappa shape index (κ1) is 11.9. The van der Waals surface area contributed by atoms with Gasteiger partial charge in [-0.15, -0.1) is 0 Å². The molecule has 0 radical (unpaired) electrons. The third-order valence-electron chi connectivity index (χ3n) is 3.75. The topological polar surface area (TPSA) is 30.5 Å². The molecule has 3 rings (SSSR count). The lowest BCUT2D eigenvalue weighted by molar-refractivity contribution is 0.110. The van der Waals surface area contributed by atoms with Crippen LogP contribution in [0.5, 0.6) is 5.75 Å². The van der Waals surface area contributed by atoms with E-state index in [1.807, 2.05) is 0 Å². The highest BCUT2D eigenvalue weighted by molar-refractivity contribution is 5.37. The Morgan fingerprint density at radius 3 is 3.11 bits per heavy atom. The molecular weight excluding hydrogens is 233 g/mol. The predicted molar refractivity (Wildman–Crippen MR) is 66.3 cm³/mol. The summed E-state index contributed by atoms with van der Waals surface area (Å²) in [5, 5.41) is 3.48. The van der Waals surface area contributed by atoms with Crippen LogP contribution in [-0.2, 0) is 11.2 Å². The lowest BCUT2D eigenvalue weighted by Crippen LogP contribution is -2.40. The number of fused-ring (bicyclic) bond motifs is 1. The van der Waals surface area contributed by atoms with Crippen molar-refractivity contribution in [2.75, 3.05) is 13.2 Å². The summed E-state index contributed by atoms with van der Waals surface area (Å²) < 4.78 is 24.4. The molecule has 18 heavy (non-hydrogen) atoms. The Balaban J connectivity index is 1.54. The zero-order chi connectivity index (χ0) is 12.5. The first-order valence-corrected chi connectivity index (χ1v) is 6.52. The van der Waals surface area contributed by atoms with Crippen LogP contribution in [0.25, 0.3) is 0 Å². The minimum absolute atomic E-state index is 0.106. The lowest BCUT2D eigenvalue weighted by atomic mass is 10.1.